The van der Waals surface area contributed by atoms with Gasteiger partial charge in [-0.25, -0.2) is 4.79 Å². The van der Waals surface area contributed by atoms with E-state index in [9.17, 15) is 4.79 Å². The molecule has 0 radical (unpaired) electrons. The van der Waals surface area contributed by atoms with E-state index in [1.54, 1.807) is 6.92 Å². The Morgan fingerprint density at radius 2 is 2.40 bits per heavy atom. The number of aromatic amines is 1. The number of hydrogen-bond acceptors (Lipinski definition) is 3. The fraction of sp³-hybridized carbons (Fsp3) is 0.200. The van der Waals surface area contributed by atoms with Gasteiger partial charge in [0.15, 0.2) is 5.82 Å². The molecule has 0 saturated heterocycles. The Balaban J connectivity index is 3.23. The molecule has 0 fully saturated rings. The molecule has 5 heteroatoms. The molecule has 0 amide bonds. The molecule has 10 heavy (non-hydrogen) atoms. The Labute approximate surface area is 56.9 Å². The molecule has 0 unspecified atom stereocenters. The fourth-order valence-electron chi connectivity index (χ4n) is 0.718. The summed E-state index contributed by atoms with van der Waals surface area (Å²) >= 11 is 0. The van der Waals surface area contributed by atoms with Crippen LogP contribution >= 0.6 is 0 Å². The van der Waals surface area contributed by atoms with Gasteiger partial charge >= 0.3 is 5.97 Å². The van der Waals surface area contributed by atoms with Crippen molar-refractivity contribution in [2.24, 2.45) is 0 Å². The number of hydrogen-bond donors (Lipinski definition) is 3. The summed E-state index contributed by atoms with van der Waals surface area (Å²) in [5, 5.41) is 14.5. The molecular weight excluding hydrogens is 134 g/mol. The summed E-state index contributed by atoms with van der Waals surface area (Å²) in [4.78, 5) is 10.4. The van der Waals surface area contributed by atoms with E-state index in [0.717, 1.165) is 0 Å². The molecule has 0 aromatic carbocycles. The van der Waals surface area contributed by atoms with Gasteiger partial charge < -0.3 is 10.8 Å². The van der Waals surface area contributed by atoms with Crippen LogP contribution < -0.4 is 5.73 Å². The molecule has 0 aliphatic carbocycles. The SMILES string of the molecule is Cc1[nH]nc(N)c1C(=O)O. The summed E-state index contributed by atoms with van der Waals surface area (Å²) in [6.45, 7) is 1.60. The standard InChI is InChI=1S/C5H7N3O2/c1-2-3(5(9)10)4(6)8-7-2/h1H3,(H,9,10)(H3,6,7,8). The minimum Gasteiger partial charge on any atom is -0.477 e. The Kier molecular flexibility index (Phi) is 1.33. The van der Waals surface area contributed by atoms with Crippen LogP contribution in [0.5, 0.6) is 0 Å². The van der Waals surface area contributed by atoms with Gasteiger partial charge in [-0.05, 0) is 6.92 Å². The van der Waals surface area contributed by atoms with Crippen molar-refractivity contribution in [3.05, 3.63) is 11.3 Å². The highest BCUT2D eigenvalue weighted by Gasteiger charge is 2.13. The van der Waals surface area contributed by atoms with Gasteiger partial charge in [0.1, 0.15) is 5.56 Å². The summed E-state index contributed by atoms with van der Waals surface area (Å²) in [5.41, 5.74) is 5.75. The molecule has 4 N–H and O–H groups in total. The van der Waals surface area contributed by atoms with Gasteiger partial charge in [-0.15, -0.1) is 0 Å². The summed E-state index contributed by atoms with van der Waals surface area (Å²) in [7, 11) is 0. The first-order valence-corrected chi connectivity index (χ1v) is 2.66. The van der Waals surface area contributed by atoms with E-state index in [-0.39, 0.29) is 11.4 Å². The van der Waals surface area contributed by atoms with Crippen LogP contribution in [0.3, 0.4) is 0 Å². The number of rotatable bonds is 1. The van der Waals surface area contributed by atoms with Gasteiger partial charge in [-0.1, -0.05) is 0 Å². The van der Waals surface area contributed by atoms with Crippen LogP contribution in [-0.2, 0) is 0 Å². The average molecular weight is 141 g/mol. The minimum absolute atomic E-state index is 0.0324. The van der Waals surface area contributed by atoms with E-state index in [1.807, 2.05) is 0 Å². The zero-order valence-electron chi connectivity index (χ0n) is 5.38. The van der Waals surface area contributed by atoms with Crippen LogP contribution in [0, 0.1) is 6.92 Å². The van der Waals surface area contributed by atoms with Gasteiger partial charge in [-0.2, -0.15) is 5.10 Å². The van der Waals surface area contributed by atoms with Crippen molar-refractivity contribution in [3.8, 4) is 0 Å². The zero-order valence-corrected chi connectivity index (χ0v) is 5.38. The van der Waals surface area contributed by atoms with Crippen molar-refractivity contribution < 1.29 is 9.90 Å². The molecule has 1 aromatic heterocycles. The third kappa shape index (κ3) is 0.812. The van der Waals surface area contributed by atoms with Crippen LogP contribution in [0.1, 0.15) is 16.1 Å². The van der Waals surface area contributed by atoms with Crippen molar-refractivity contribution in [2.45, 2.75) is 6.92 Å². The van der Waals surface area contributed by atoms with E-state index in [2.05, 4.69) is 10.2 Å². The number of aryl methyl sites for hydroxylation is 1. The van der Waals surface area contributed by atoms with Crippen LogP contribution in [0.25, 0.3) is 0 Å². The van der Waals surface area contributed by atoms with E-state index < -0.39 is 5.97 Å². The van der Waals surface area contributed by atoms with E-state index in [1.165, 1.54) is 0 Å². The minimum atomic E-state index is -1.05. The second-order valence-electron chi connectivity index (χ2n) is 1.91. The van der Waals surface area contributed by atoms with Crippen LogP contribution in [0.2, 0.25) is 0 Å². The number of nitrogens with two attached hydrogens (primary N) is 1. The molecule has 0 saturated carbocycles. The van der Waals surface area contributed by atoms with Gasteiger partial charge in [0.25, 0.3) is 0 Å². The molecule has 1 rings (SSSR count). The summed E-state index contributed by atoms with van der Waals surface area (Å²) in [6.07, 6.45) is 0. The molecule has 1 aromatic rings. The lowest BCUT2D eigenvalue weighted by Gasteiger charge is -1.89. The highest BCUT2D eigenvalue weighted by molar-refractivity contribution is 5.93. The number of carboxylic acids is 1. The van der Waals surface area contributed by atoms with Crippen molar-refractivity contribution in [3.63, 3.8) is 0 Å². The van der Waals surface area contributed by atoms with Crippen molar-refractivity contribution >= 4 is 11.8 Å². The maximum absolute atomic E-state index is 10.4. The fourth-order valence-corrected chi connectivity index (χ4v) is 0.718. The van der Waals surface area contributed by atoms with Crippen LogP contribution in [0.15, 0.2) is 0 Å². The van der Waals surface area contributed by atoms with Crippen molar-refractivity contribution in [2.75, 3.05) is 5.73 Å². The number of H-pyrrole nitrogens is 1. The first-order valence-electron chi connectivity index (χ1n) is 2.66. The van der Waals surface area contributed by atoms with Crippen LogP contribution in [-0.4, -0.2) is 21.3 Å². The predicted octanol–water partition coefficient (Wildman–Crippen LogP) is -0.00148. The molecular formula is C5H7N3O2. The lowest BCUT2D eigenvalue weighted by molar-refractivity contribution is 0.0697. The van der Waals surface area contributed by atoms with Crippen molar-refractivity contribution in [1.29, 1.82) is 0 Å². The second-order valence-corrected chi connectivity index (χ2v) is 1.91. The Morgan fingerprint density at radius 1 is 1.80 bits per heavy atom. The number of carboxylic acid groups (broad SMARTS) is 1. The smallest absolute Gasteiger partial charge is 0.341 e. The summed E-state index contributed by atoms with van der Waals surface area (Å²) in [6, 6.07) is 0. The molecule has 0 aliphatic rings. The van der Waals surface area contributed by atoms with Gasteiger partial charge in [0, 0.05) is 5.69 Å². The Morgan fingerprint density at radius 3 is 2.60 bits per heavy atom. The van der Waals surface area contributed by atoms with Gasteiger partial charge in [-0.3, -0.25) is 5.10 Å². The number of nitrogens with zero attached hydrogens (tertiary/aromatic N) is 1. The average Bonchev–Trinajstić information content (AvgIpc) is 2.11. The van der Waals surface area contributed by atoms with Crippen LogP contribution in [0.4, 0.5) is 5.82 Å². The molecule has 0 spiro atoms. The number of anilines is 1. The third-order valence-electron chi connectivity index (χ3n) is 1.19. The molecule has 0 aliphatic heterocycles. The largest absolute Gasteiger partial charge is 0.477 e. The summed E-state index contributed by atoms with van der Waals surface area (Å²) in [5.74, 6) is -1.02. The topological polar surface area (TPSA) is 92.0 Å². The summed E-state index contributed by atoms with van der Waals surface area (Å²) < 4.78 is 0. The highest BCUT2D eigenvalue weighted by Crippen LogP contribution is 2.10. The number of carbonyl (C=O) groups is 1. The zero-order chi connectivity index (χ0) is 7.72. The van der Waals surface area contributed by atoms with E-state index in [0.29, 0.717) is 5.69 Å². The number of aromatic carboxylic acids is 1. The maximum Gasteiger partial charge on any atom is 0.341 e. The third-order valence-corrected chi connectivity index (χ3v) is 1.19. The Bertz CT molecular complexity index is 246. The van der Waals surface area contributed by atoms with E-state index in [4.69, 9.17) is 10.8 Å². The lowest BCUT2D eigenvalue weighted by Crippen LogP contribution is -2.01. The molecule has 1 heterocycles. The quantitative estimate of drug-likeness (QED) is 0.513. The monoisotopic (exact) mass is 141 g/mol. The molecule has 0 bridgehead atoms. The Hall–Kier alpha value is -1.52. The number of nitrogen functional groups attached to an aromatic ring is 1. The van der Waals surface area contributed by atoms with Crippen molar-refractivity contribution in [1.82, 2.24) is 10.2 Å². The van der Waals surface area contributed by atoms with Gasteiger partial charge in [0.2, 0.25) is 0 Å². The maximum atomic E-state index is 10.4. The van der Waals surface area contributed by atoms with E-state index >= 15 is 0 Å². The molecule has 0 atom stereocenters. The first kappa shape index (κ1) is 6.60. The predicted molar refractivity (Wildman–Crippen MR) is 34.7 cm³/mol. The highest BCUT2D eigenvalue weighted by atomic mass is 16.4. The number of aromatic nitrogens is 2. The molecule has 5 nitrogen and oxygen atoms in total. The lowest BCUT2D eigenvalue weighted by atomic mass is 10.2. The number of nitrogens with one attached hydrogen (secondary N) is 1. The molecule has 54 valence electrons. The second kappa shape index (κ2) is 2.02. The normalized spacial score (nSPS) is 9.70. The van der Waals surface area contributed by atoms with Gasteiger partial charge in [0.05, 0.1) is 0 Å². The first-order chi connectivity index (χ1) is 4.63.